The van der Waals surface area contributed by atoms with E-state index in [2.05, 4.69) is 10.2 Å². The van der Waals surface area contributed by atoms with Gasteiger partial charge >= 0.3 is 6.03 Å². The number of amides is 2. The average Bonchev–Trinajstić information content (AvgIpc) is 3.72. The first kappa shape index (κ1) is 26.6. The quantitative estimate of drug-likeness (QED) is 0.384. The number of urea groups is 1. The van der Waals surface area contributed by atoms with E-state index in [0.717, 1.165) is 37.2 Å². The predicted octanol–water partition coefficient (Wildman–Crippen LogP) is 4.41. The zero-order valence-corrected chi connectivity index (χ0v) is 22.6. The minimum atomic E-state index is -0.143. The molecule has 0 spiro atoms. The summed E-state index contributed by atoms with van der Waals surface area (Å²) in [5, 5.41) is 3.23. The third-order valence-electron chi connectivity index (χ3n) is 6.84. The largest absolute Gasteiger partial charge is 0.493 e. The first-order chi connectivity index (χ1) is 19.1. The molecule has 0 saturated carbocycles. The normalized spacial score (nSPS) is 16.2. The molecule has 208 valence electrons. The molecule has 1 N–H and O–H groups in total. The number of hydrogen-bond donors (Lipinski definition) is 1. The van der Waals surface area contributed by atoms with Crippen LogP contribution in [0.15, 0.2) is 53.1 Å². The number of ether oxygens (including phenoxy) is 5. The van der Waals surface area contributed by atoms with E-state index in [0.29, 0.717) is 54.2 Å². The zero-order chi connectivity index (χ0) is 27.2. The number of carbonyl (C=O) groups is 1. The number of fused-ring (bicyclic) bond motifs is 1. The minimum Gasteiger partial charge on any atom is -0.493 e. The Bertz CT molecular complexity index is 1260. The van der Waals surface area contributed by atoms with E-state index in [4.69, 9.17) is 28.1 Å². The van der Waals surface area contributed by atoms with Gasteiger partial charge < -0.3 is 38.3 Å². The van der Waals surface area contributed by atoms with E-state index in [-0.39, 0.29) is 18.9 Å². The first-order valence-corrected chi connectivity index (χ1v) is 13.1. The predicted molar refractivity (Wildman–Crippen MR) is 143 cm³/mol. The highest BCUT2D eigenvalue weighted by Crippen LogP contribution is 2.42. The SMILES string of the molecule is CCOc1ccc(CN(Cc2ccco2)C(=O)NC2CCN(Cc3cc(OC)c4c(c3)OCO4)C2)cc1OC. The van der Waals surface area contributed by atoms with Gasteiger partial charge in [0.05, 0.1) is 33.6 Å². The maximum atomic E-state index is 13.5. The third-order valence-corrected chi connectivity index (χ3v) is 6.84. The number of nitrogens with zero attached hydrogens (tertiary/aromatic N) is 2. The molecule has 1 unspecified atom stereocenters. The van der Waals surface area contributed by atoms with E-state index in [1.165, 1.54) is 0 Å². The second-order valence-electron chi connectivity index (χ2n) is 9.56. The van der Waals surface area contributed by atoms with E-state index in [1.807, 2.05) is 49.4 Å². The fourth-order valence-corrected chi connectivity index (χ4v) is 4.99. The Morgan fingerprint density at radius 1 is 1.05 bits per heavy atom. The molecule has 2 amide bonds. The summed E-state index contributed by atoms with van der Waals surface area (Å²) in [6.45, 7) is 5.75. The highest BCUT2D eigenvalue weighted by Gasteiger charge is 2.28. The monoisotopic (exact) mass is 537 g/mol. The van der Waals surface area contributed by atoms with Crippen molar-refractivity contribution >= 4 is 6.03 Å². The molecule has 1 saturated heterocycles. The summed E-state index contributed by atoms with van der Waals surface area (Å²) in [7, 11) is 3.24. The first-order valence-electron chi connectivity index (χ1n) is 13.1. The van der Waals surface area contributed by atoms with Crippen molar-refractivity contribution in [3.05, 3.63) is 65.6 Å². The fourth-order valence-electron chi connectivity index (χ4n) is 4.99. The van der Waals surface area contributed by atoms with E-state index < -0.39 is 0 Å². The van der Waals surface area contributed by atoms with Crippen LogP contribution >= 0.6 is 0 Å². The molecule has 10 heteroatoms. The van der Waals surface area contributed by atoms with Gasteiger partial charge in [0, 0.05) is 32.2 Å². The number of furan rings is 1. The van der Waals surface area contributed by atoms with Gasteiger partial charge in [-0.1, -0.05) is 6.07 Å². The van der Waals surface area contributed by atoms with Crippen LogP contribution in [-0.2, 0) is 19.6 Å². The second kappa shape index (κ2) is 12.2. The summed E-state index contributed by atoms with van der Waals surface area (Å²) < 4.78 is 33.2. The standard InChI is InChI=1S/C29H35N3O7/c1-4-36-24-8-7-20(12-25(24)34-2)16-32(18-23-6-5-11-37-23)29(33)30-22-9-10-31(17-22)15-21-13-26(35-3)28-27(14-21)38-19-39-28/h5-8,11-14,22H,4,9-10,15-19H2,1-3H3,(H,30,33). The molecule has 5 rings (SSSR count). The van der Waals surface area contributed by atoms with Gasteiger partial charge in [-0.15, -0.1) is 0 Å². The summed E-state index contributed by atoms with van der Waals surface area (Å²) in [5.74, 6) is 4.05. The molecule has 3 aromatic rings. The van der Waals surface area contributed by atoms with Crippen molar-refractivity contribution in [2.45, 2.75) is 39.0 Å². The topological polar surface area (TPSA) is 94.9 Å². The van der Waals surface area contributed by atoms with E-state index in [1.54, 1.807) is 25.4 Å². The summed E-state index contributed by atoms with van der Waals surface area (Å²) in [6.07, 6.45) is 2.48. The Labute approximate surface area is 228 Å². The van der Waals surface area contributed by atoms with E-state index in [9.17, 15) is 4.79 Å². The number of methoxy groups -OCH3 is 2. The summed E-state index contributed by atoms with van der Waals surface area (Å²) in [5.41, 5.74) is 2.01. The van der Waals surface area contributed by atoms with Gasteiger partial charge in [0.1, 0.15) is 5.76 Å². The highest BCUT2D eigenvalue weighted by atomic mass is 16.7. The summed E-state index contributed by atoms with van der Waals surface area (Å²) in [4.78, 5) is 17.5. The number of nitrogens with one attached hydrogen (secondary N) is 1. The van der Waals surface area contributed by atoms with Gasteiger partial charge in [-0.05, 0) is 60.9 Å². The second-order valence-corrected chi connectivity index (χ2v) is 9.56. The molecule has 39 heavy (non-hydrogen) atoms. The van der Waals surface area contributed by atoms with Crippen molar-refractivity contribution < 1.29 is 32.9 Å². The van der Waals surface area contributed by atoms with Gasteiger partial charge in [-0.25, -0.2) is 4.79 Å². The molecule has 0 radical (unpaired) electrons. The molecule has 0 bridgehead atoms. The molecule has 1 aromatic heterocycles. The van der Waals surface area contributed by atoms with Crippen LogP contribution in [0.3, 0.4) is 0 Å². The summed E-state index contributed by atoms with van der Waals surface area (Å²) >= 11 is 0. The fraction of sp³-hybridized carbons (Fsp3) is 0.414. The Kier molecular flexibility index (Phi) is 8.31. The number of hydrogen-bond acceptors (Lipinski definition) is 8. The van der Waals surface area contributed by atoms with Gasteiger partial charge in [-0.2, -0.15) is 0 Å². The molecule has 3 heterocycles. The average molecular weight is 538 g/mol. The summed E-state index contributed by atoms with van der Waals surface area (Å²) in [6, 6.07) is 13.3. The molecule has 2 aromatic carbocycles. The van der Waals surface area contributed by atoms with Gasteiger partial charge in [0.2, 0.25) is 12.5 Å². The van der Waals surface area contributed by atoms with Gasteiger partial charge in [0.25, 0.3) is 0 Å². The Morgan fingerprint density at radius 3 is 2.67 bits per heavy atom. The number of likely N-dealkylation sites (tertiary alicyclic amines) is 1. The molecule has 2 aliphatic heterocycles. The van der Waals surface area contributed by atoms with Crippen LogP contribution in [0.5, 0.6) is 28.7 Å². The minimum absolute atomic E-state index is 0.0300. The molecular formula is C29H35N3O7. The molecule has 0 aliphatic carbocycles. The lowest BCUT2D eigenvalue weighted by Crippen LogP contribution is -2.45. The van der Waals surface area contributed by atoms with Crippen molar-refractivity contribution in [1.29, 1.82) is 0 Å². The molecule has 2 aliphatic rings. The van der Waals surface area contributed by atoms with Crippen molar-refractivity contribution in [1.82, 2.24) is 15.1 Å². The van der Waals surface area contributed by atoms with Crippen LogP contribution < -0.4 is 29.0 Å². The lowest BCUT2D eigenvalue weighted by molar-refractivity contribution is 0.171. The van der Waals surface area contributed by atoms with Crippen LogP contribution in [0.25, 0.3) is 0 Å². The van der Waals surface area contributed by atoms with Crippen LogP contribution in [-0.4, -0.2) is 62.6 Å². The third kappa shape index (κ3) is 6.34. The van der Waals surface area contributed by atoms with Crippen LogP contribution in [0, 0.1) is 0 Å². The van der Waals surface area contributed by atoms with Crippen molar-refractivity contribution in [2.24, 2.45) is 0 Å². The molecular weight excluding hydrogens is 502 g/mol. The maximum Gasteiger partial charge on any atom is 0.318 e. The maximum absolute atomic E-state index is 13.5. The van der Waals surface area contributed by atoms with Gasteiger partial charge in [-0.3, -0.25) is 4.90 Å². The Hall–Kier alpha value is -4.05. The van der Waals surface area contributed by atoms with Gasteiger partial charge in [0.15, 0.2) is 23.0 Å². The number of benzene rings is 2. The Morgan fingerprint density at radius 2 is 1.90 bits per heavy atom. The number of rotatable bonds is 11. The van der Waals surface area contributed by atoms with Crippen LogP contribution in [0.4, 0.5) is 4.79 Å². The van der Waals surface area contributed by atoms with Crippen molar-refractivity contribution in [2.75, 3.05) is 40.7 Å². The molecule has 1 fully saturated rings. The smallest absolute Gasteiger partial charge is 0.318 e. The van der Waals surface area contributed by atoms with Crippen LogP contribution in [0.1, 0.15) is 30.2 Å². The number of carbonyl (C=O) groups excluding carboxylic acids is 1. The lowest BCUT2D eigenvalue weighted by atomic mass is 10.1. The van der Waals surface area contributed by atoms with Crippen molar-refractivity contribution in [3.8, 4) is 28.7 Å². The van der Waals surface area contributed by atoms with Crippen molar-refractivity contribution in [3.63, 3.8) is 0 Å². The molecule has 10 nitrogen and oxygen atoms in total. The van der Waals surface area contributed by atoms with Crippen LogP contribution in [0.2, 0.25) is 0 Å². The Balaban J connectivity index is 1.23. The lowest BCUT2D eigenvalue weighted by Gasteiger charge is -2.25. The van der Waals surface area contributed by atoms with E-state index >= 15 is 0 Å². The zero-order valence-electron chi connectivity index (χ0n) is 22.6. The highest BCUT2D eigenvalue weighted by molar-refractivity contribution is 5.74. The molecule has 1 atom stereocenters.